The standard InChI is InChI=1S/C15H20NO2/c1-11(17)16(4,12(2)18)15(3)10-9-13-7-5-6-8-14(13)15/h5-8H,9-10H2,1-4H3/q+1/t15-/m1/s1. The van der Waals surface area contributed by atoms with E-state index in [0.29, 0.717) is 0 Å². The third-order valence-corrected chi connectivity index (χ3v) is 4.73. The van der Waals surface area contributed by atoms with Crippen LogP contribution in [0.4, 0.5) is 0 Å². The third-order valence-electron chi connectivity index (χ3n) is 4.73. The van der Waals surface area contributed by atoms with E-state index in [1.807, 2.05) is 25.1 Å². The zero-order valence-corrected chi connectivity index (χ0v) is 11.5. The first-order valence-corrected chi connectivity index (χ1v) is 6.31. The molecule has 1 aromatic rings. The summed E-state index contributed by atoms with van der Waals surface area (Å²) in [5.41, 5.74) is 1.96. The lowest BCUT2D eigenvalue weighted by Crippen LogP contribution is -2.62. The molecule has 3 heteroatoms. The fraction of sp³-hybridized carbons (Fsp3) is 0.467. The summed E-state index contributed by atoms with van der Waals surface area (Å²) in [5.74, 6) is -0.191. The molecule has 0 unspecified atom stereocenters. The Balaban J connectivity index is 2.63. The number of aryl methyl sites for hydroxylation is 1. The molecule has 0 radical (unpaired) electrons. The van der Waals surface area contributed by atoms with Gasteiger partial charge in [-0.1, -0.05) is 24.3 Å². The molecule has 0 saturated carbocycles. The van der Waals surface area contributed by atoms with Crippen molar-refractivity contribution in [3.05, 3.63) is 35.4 Å². The number of rotatable bonds is 1. The second-order valence-corrected chi connectivity index (χ2v) is 5.48. The molecule has 2 amide bonds. The van der Waals surface area contributed by atoms with E-state index in [4.69, 9.17) is 0 Å². The highest BCUT2D eigenvalue weighted by molar-refractivity contribution is 5.82. The van der Waals surface area contributed by atoms with Gasteiger partial charge in [0.15, 0.2) is 0 Å². The molecule has 0 aromatic heterocycles. The van der Waals surface area contributed by atoms with Crippen molar-refractivity contribution in [3.63, 3.8) is 0 Å². The number of hydrogen-bond donors (Lipinski definition) is 0. The van der Waals surface area contributed by atoms with Crippen LogP contribution in [0, 0.1) is 0 Å². The van der Waals surface area contributed by atoms with Crippen molar-refractivity contribution in [2.75, 3.05) is 7.05 Å². The van der Waals surface area contributed by atoms with E-state index in [1.165, 1.54) is 19.4 Å². The van der Waals surface area contributed by atoms with E-state index in [2.05, 4.69) is 6.07 Å². The Labute approximate surface area is 108 Å². The van der Waals surface area contributed by atoms with E-state index in [0.717, 1.165) is 18.4 Å². The molecule has 18 heavy (non-hydrogen) atoms. The van der Waals surface area contributed by atoms with Crippen LogP contribution in [-0.4, -0.2) is 23.3 Å². The number of carbonyl (C=O) groups is 2. The van der Waals surface area contributed by atoms with E-state index >= 15 is 0 Å². The lowest BCUT2D eigenvalue weighted by molar-refractivity contribution is -0.821. The second-order valence-electron chi connectivity index (χ2n) is 5.48. The minimum atomic E-state index is -0.436. The number of nitrogens with zero attached hydrogens (tertiary/aromatic N) is 1. The number of hydrogen-bond acceptors (Lipinski definition) is 2. The molecular formula is C15H20NO2+. The lowest BCUT2D eigenvalue weighted by Gasteiger charge is -2.42. The normalized spacial score (nSPS) is 22.7. The van der Waals surface area contributed by atoms with Gasteiger partial charge in [-0.15, -0.1) is 0 Å². The van der Waals surface area contributed by atoms with Gasteiger partial charge in [0.2, 0.25) is 0 Å². The summed E-state index contributed by atoms with van der Waals surface area (Å²) in [5, 5.41) is 0. The highest BCUT2D eigenvalue weighted by Crippen LogP contribution is 2.45. The van der Waals surface area contributed by atoms with Gasteiger partial charge in [0.25, 0.3) is 0 Å². The Morgan fingerprint density at radius 3 is 2.28 bits per heavy atom. The average Bonchev–Trinajstić information content (AvgIpc) is 2.67. The number of quaternary nitrogens is 1. The topological polar surface area (TPSA) is 34.1 Å². The highest BCUT2D eigenvalue weighted by Gasteiger charge is 2.55. The Kier molecular flexibility index (Phi) is 2.90. The monoisotopic (exact) mass is 246 g/mol. The summed E-state index contributed by atoms with van der Waals surface area (Å²) in [6, 6.07) is 8.12. The largest absolute Gasteiger partial charge is 0.318 e. The second kappa shape index (κ2) is 4.02. The van der Waals surface area contributed by atoms with Gasteiger partial charge < -0.3 is 0 Å². The van der Waals surface area contributed by atoms with Crippen LogP contribution in [0.3, 0.4) is 0 Å². The molecule has 2 rings (SSSR count). The van der Waals surface area contributed by atoms with E-state index < -0.39 is 5.54 Å². The van der Waals surface area contributed by atoms with Crippen molar-refractivity contribution in [3.8, 4) is 0 Å². The molecule has 0 aliphatic heterocycles. The molecule has 96 valence electrons. The predicted molar refractivity (Wildman–Crippen MR) is 69.7 cm³/mol. The SMILES string of the molecule is CC(=O)[N+](C)(C(C)=O)[C@]1(C)CCc2ccccc21. The Bertz CT molecular complexity index is 507. The molecule has 1 aliphatic carbocycles. The first-order valence-electron chi connectivity index (χ1n) is 6.31. The van der Waals surface area contributed by atoms with Crippen LogP contribution in [0.2, 0.25) is 0 Å². The Morgan fingerprint density at radius 2 is 1.72 bits per heavy atom. The first kappa shape index (κ1) is 13.0. The predicted octanol–water partition coefficient (Wildman–Crippen LogP) is 2.39. The minimum absolute atomic E-state index is 0.0956. The number of amides is 2. The van der Waals surface area contributed by atoms with Gasteiger partial charge in [0.05, 0.1) is 20.9 Å². The van der Waals surface area contributed by atoms with Gasteiger partial charge in [-0.2, -0.15) is 4.48 Å². The molecule has 0 bridgehead atoms. The molecular weight excluding hydrogens is 226 g/mol. The summed E-state index contributed by atoms with van der Waals surface area (Å²) in [7, 11) is 1.74. The molecule has 0 N–H and O–H groups in total. The van der Waals surface area contributed by atoms with Crippen LogP contribution in [0.15, 0.2) is 24.3 Å². The van der Waals surface area contributed by atoms with E-state index in [-0.39, 0.29) is 16.3 Å². The Morgan fingerprint density at radius 1 is 1.17 bits per heavy atom. The van der Waals surface area contributed by atoms with Gasteiger partial charge in [0, 0.05) is 12.0 Å². The van der Waals surface area contributed by atoms with Crippen LogP contribution in [-0.2, 0) is 21.5 Å². The van der Waals surface area contributed by atoms with Crippen molar-refractivity contribution < 1.29 is 14.1 Å². The van der Waals surface area contributed by atoms with Crippen LogP contribution in [0.1, 0.15) is 38.3 Å². The molecule has 0 saturated heterocycles. The zero-order chi connectivity index (χ0) is 13.6. The molecule has 1 aliphatic rings. The Hall–Kier alpha value is -1.48. The van der Waals surface area contributed by atoms with Crippen molar-refractivity contribution in [2.24, 2.45) is 0 Å². The van der Waals surface area contributed by atoms with Crippen LogP contribution >= 0.6 is 0 Å². The fourth-order valence-electron chi connectivity index (χ4n) is 3.16. The summed E-state index contributed by atoms with van der Waals surface area (Å²) in [6.45, 7) is 5.04. The molecule has 1 aromatic carbocycles. The average molecular weight is 246 g/mol. The summed E-state index contributed by atoms with van der Waals surface area (Å²) >= 11 is 0. The van der Waals surface area contributed by atoms with Crippen molar-refractivity contribution in [1.29, 1.82) is 0 Å². The van der Waals surface area contributed by atoms with Crippen molar-refractivity contribution >= 4 is 11.8 Å². The van der Waals surface area contributed by atoms with E-state index in [1.54, 1.807) is 7.05 Å². The number of benzene rings is 1. The lowest BCUT2D eigenvalue weighted by atomic mass is 9.89. The van der Waals surface area contributed by atoms with Gasteiger partial charge in [-0.3, -0.25) is 0 Å². The maximum atomic E-state index is 12.1. The molecule has 3 nitrogen and oxygen atoms in total. The van der Waals surface area contributed by atoms with Gasteiger partial charge >= 0.3 is 11.8 Å². The first-order chi connectivity index (χ1) is 8.34. The maximum Gasteiger partial charge on any atom is 0.318 e. The number of fused-ring (bicyclic) bond motifs is 1. The van der Waals surface area contributed by atoms with Gasteiger partial charge in [0.1, 0.15) is 5.54 Å². The van der Waals surface area contributed by atoms with Crippen molar-refractivity contribution in [1.82, 2.24) is 0 Å². The highest BCUT2D eigenvalue weighted by atomic mass is 16.2. The zero-order valence-electron chi connectivity index (χ0n) is 11.5. The minimum Gasteiger partial charge on any atom is -0.231 e. The van der Waals surface area contributed by atoms with Gasteiger partial charge in [-0.05, 0) is 18.9 Å². The van der Waals surface area contributed by atoms with Crippen molar-refractivity contribution in [2.45, 2.75) is 39.2 Å². The van der Waals surface area contributed by atoms with E-state index in [9.17, 15) is 9.59 Å². The fourth-order valence-corrected chi connectivity index (χ4v) is 3.16. The molecule has 1 atom stereocenters. The van der Waals surface area contributed by atoms with Crippen LogP contribution in [0.25, 0.3) is 0 Å². The molecule has 0 spiro atoms. The number of imide groups is 1. The maximum absolute atomic E-state index is 12.1. The van der Waals surface area contributed by atoms with Crippen LogP contribution < -0.4 is 0 Å². The third kappa shape index (κ3) is 1.47. The summed E-state index contributed by atoms with van der Waals surface area (Å²) in [6.07, 6.45) is 1.77. The summed E-state index contributed by atoms with van der Waals surface area (Å²) < 4.78 is -0.149. The number of carbonyl (C=O) groups excluding carboxylic acids is 2. The smallest absolute Gasteiger partial charge is 0.231 e. The molecule has 0 heterocycles. The van der Waals surface area contributed by atoms with Gasteiger partial charge in [-0.25, -0.2) is 9.59 Å². The quantitative estimate of drug-likeness (QED) is 0.713. The molecule has 0 fully saturated rings. The summed E-state index contributed by atoms with van der Waals surface area (Å²) in [4.78, 5) is 24.1. The van der Waals surface area contributed by atoms with Crippen LogP contribution in [0.5, 0.6) is 0 Å².